The van der Waals surface area contributed by atoms with Crippen molar-refractivity contribution in [2.45, 2.75) is 31.9 Å². The first kappa shape index (κ1) is 14.4. The minimum atomic E-state index is -3.04. The zero-order chi connectivity index (χ0) is 12.1. The van der Waals surface area contributed by atoms with Crippen molar-refractivity contribution in [2.24, 2.45) is 0 Å². The predicted molar refractivity (Wildman–Crippen MR) is 61.3 cm³/mol. The minimum absolute atomic E-state index is 0.151. The van der Waals surface area contributed by atoms with Crippen LogP contribution in [0.4, 0.5) is 0 Å². The zero-order valence-corrected chi connectivity index (χ0v) is 10.8. The first-order valence-electron chi connectivity index (χ1n) is 4.98. The zero-order valence-electron chi connectivity index (χ0n) is 9.95. The summed E-state index contributed by atoms with van der Waals surface area (Å²) in [6.45, 7) is 6.23. The summed E-state index contributed by atoms with van der Waals surface area (Å²) in [7, 11) is -1.21. The largest absolute Gasteiger partial charge is 0.304 e. The van der Waals surface area contributed by atoms with Crippen LogP contribution in [0.2, 0.25) is 0 Å². The van der Waals surface area contributed by atoms with Crippen molar-refractivity contribution in [2.75, 3.05) is 25.9 Å². The van der Waals surface area contributed by atoms with Crippen molar-refractivity contribution < 1.29 is 8.42 Å². The minimum Gasteiger partial charge on any atom is -0.304 e. The molecule has 0 atom stereocenters. The summed E-state index contributed by atoms with van der Waals surface area (Å²) < 4.78 is 22.8. The van der Waals surface area contributed by atoms with Crippen LogP contribution in [0.25, 0.3) is 0 Å². The van der Waals surface area contributed by atoms with Gasteiger partial charge in [-0.1, -0.05) is 0 Å². The summed E-state index contributed by atoms with van der Waals surface area (Å²) >= 11 is 0. The molecule has 0 radical (unpaired) electrons. The fraction of sp³-hybridized carbons (Fsp3) is 0.900. The van der Waals surface area contributed by atoms with E-state index in [-0.39, 0.29) is 5.75 Å². The lowest BCUT2D eigenvalue weighted by Gasteiger charge is -2.21. The molecule has 0 amide bonds. The molecular weight excluding hydrogens is 212 g/mol. The van der Waals surface area contributed by atoms with Gasteiger partial charge in [-0.2, -0.15) is 5.26 Å². The van der Waals surface area contributed by atoms with Crippen LogP contribution >= 0.6 is 0 Å². The summed E-state index contributed by atoms with van der Waals surface area (Å²) in [5, 5.41) is 8.38. The van der Waals surface area contributed by atoms with Gasteiger partial charge in [0.05, 0.1) is 16.6 Å². The van der Waals surface area contributed by atoms with E-state index in [2.05, 4.69) is 0 Å². The molecule has 0 unspecified atom stereocenters. The lowest BCUT2D eigenvalue weighted by molar-refractivity contribution is 0.361. The number of nitriles is 1. The standard InChI is InChI=1S/C10H20N2O2S/c1-10(2,3)15(13,14)9-8-12(4)7-5-6-11/h5,7-9H2,1-4H3. The van der Waals surface area contributed by atoms with Gasteiger partial charge in [0.15, 0.2) is 9.84 Å². The molecule has 88 valence electrons. The predicted octanol–water partition coefficient (Wildman–Crippen LogP) is 1.05. The topological polar surface area (TPSA) is 61.2 Å². The molecule has 0 aromatic heterocycles. The van der Waals surface area contributed by atoms with Crippen LogP contribution in [0.5, 0.6) is 0 Å². The lowest BCUT2D eigenvalue weighted by Crippen LogP contribution is -2.35. The Morgan fingerprint density at radius 3 is 2.20 bits per heavy atom. The van der Waals surface area contributed by atoms with E-state index in [9.17, 15) is 8.42 Å². The number of rotatable bonds is 5. The lowest BCUT2D eigenvalue weighted by atomic mass is 10.3. The van der Waals surface area contributed by atoms with Crippen molar-refractivity contribution in [3.05, 3.63) is 0 Å². The highest BCUT2D eigenvalue weighted by Gasteiger charge is 2.28. The fourth-order valence-corrected chi connectivity index (χ4v) is 2.10. The highest BCUT2D eigenvalue weighted by molar-refractivity contribution is 7.92. The highest BCUT2D eigenvalue weighted by Crippen LogP contribution is 2.15. The van der Waals surface area contributed by atoms with E-state index >= 15 is 0 Å². The van der Waals surface area contributed by atoms with E-state index in [1.807, 2.05) is 18.0 Å². The first-order valence-corrected chi connectivity index (χ1v) is 6.64. The molecule has 0 aromatic rings. The van der Waals surface area contributed by atoms with Gasteiger partial charge in [0.1, 0.15) is 0 Å². The maximum atomic E-state index is 11.7. The maximum Gasteiger partial charge on any atom is 0.156 e. The summed E-state index contributed by atoms with van der Waals surface area (Å²) in [4.78, 5) is 1.87. The first-order chi connectivity index (χ1) is 6.70. The molecule has 0 saturated carbocycles. The van der Waals surface area contributed by atoms with Crippen LogP contribution in [-0.2, 0) is 9.84 Å². The van der Waals surface area contributed by atoms with Gasteiger partial charge in [0.2, 0.25) is 0 Å². The van der Waals surface area contributed by atoms with Crippen molar-refractivity contribution in [1.29, 1.82) is 5.26 Å². The molecule has 0 spiro atoms. The molecule has 0 bridgehead atoms. The van der Waals surface area contributed by atoms with Crippen LogP contribution in [0, 0.1) is 11.3 Å². The number of hydrogen-bond donors (Lipinski definition) is 0. The molecule has 0 N–H and O–H groups in total. The van der Waals surface area contributed by atoms with Gasteiger partial charge in [-0.25, -0.2) is 8.42 Å². The second-order valence-corrected chi connectivity index (χ2v) is 7.51. The summed E-state index contributed by atoms with van der Waals surface area (Å²) in [6, 6.07) is 2.03. The van der Waals surface area contributed by atoms with Gasteiger partial charge >= 0.3 is 0 Å². The van der Waals surface area contributed by atoms with Crippen molar-refractivity contribution >= 4 is 9.84 Å². The molecule has 0 fully saturated rings. The average molecular weight is 232 g/mol. The second kappa shape index (κ2) is 5.47. The van der Waals surface area contributed by atoms with Gasteiger partial charge in [-0.15, -0.1) is 0 Å². The van der Waals surface area contributed by atoms with Gasteiger partial charge < -0.3 is 4.90 Å². The number of hydrogen-bond acceptors (Lipinski definition) is 4. The van der Waals surface area contributed by atoms with Gasteiger partial charge in [-0.05, 0) is 27.8 Å². The summed E-state index contributed by atoms with van der Waals surface area (Å²) in [5.74, 6) is 0.151. The summed E-state index contributed by atoms with van der Waals surface area (Å²) in [6.07, 6.45) is 0.437. The van der Waals surface area contributed by atoms with Crippen LogP contribution in [0.3, 0.4) is 0 Å². The van der Waals surface area contributed by atoms with Crippen LogP contribution < -0.4 is 0 Å². The van der Waals surface area contributed by atoms with Crippen molar-refractivity contribution in [1.82, 2.24) is 4.90 Å². The molecular formula is C10H20N2O2S. The molecule has 15 heavy (non-hydrogen) atoms. The van der Waals surface area contributed by atoms with E-state index in [0.29, 0.717) is 19.5 Å². The van der Waals surface area contributed by atoms with Gasteiger partial charge in [0, 0.05) is 19.5 Å². The Balaban J connectivity index is 4.13. The molecule has 0 heterocycles. The average Bonchev–Trinajstić information content (AvgIpc) is 2.09. The molecule has 5 heteroatoms. The van der Waals surface area contributed by atoms with E-state index < -0.39 is 14.6 Å². The van der Waals surface area contributed by atoms with Gasteiger partial charge in [0.25, 0.3) is 0 Å². The Kier molecular flexibility index (Phi) is 5.26. The molecule has 0 saturated heterocycles. The quantitative estimate of drug-likeness (QED) is 0.710. The van der Waals surface area contributed by atoms with Crippen molar-refractivity contribution in [3.8, 4) is 6.07 Å². The molecule has 0 aliphatic heterocycles. The fourth-order valence-electron chi connectivity index (χ4n) is 0.935. The smallest absolute Gasteiger partial charge is 0.156 e. The molecule has 0 aliphatic rings. The molecule has 0 aliphatic carbocycles. The monoisotopic (exact) mass is 232 g/mol. The Hall–Kier alpha value is -0.600. The summed E-state index contributed by atoms with van der Waals surface area (Å²) in [5.41, 5.74) is 0. The Morgan fingerprint density at radius 1 is 1.27 bits per heavy atom. The third kappa shape index (κ3) is 5.14. The molecule has 4 nitrogen and oxygen atoms in total. The van der Waals surface area contributed by atoms with Crippen LogP contribution in [-0.4, -0.2) is 44.0 Å². The van der Waals surface area contributed by atoms with E-state index in [1.54, 1.807) is 20.8 Å². The van der Waals surface area contributed by atoms with Gasteiger partial charge in [-0.3, -0.25) is 0 Å². The normalized spacial score (nSPS) is 12.8. The number of sulfone groups is 1. The maximum absolute atomic E-state index is 11.7. The molecule has 0 aromatic carbocycles. The Morgan fingerprint density at radius 2 is 1.80 bits per heavy atom. The van der Waals surface area contributed by atoms with E-state index in [0.717, 1.165) is 0 Å². The third-order valence-electron chi connectivity index (χ3n) is 2.28. The Bertz CT molecular complexity index is 322. The van der Waals surface area contributed by atoms with E-state index in [1.165, 1.54) is 0 Å². The second-order valence-electron chi connectivity index (χ2n) is 4.64. The molecule has 0 rings (SSSR count). The van der Waals surface area contributed by atoms with Crippen LogP contribution in [0.15, 0.2) is 0 Å². The highest BCUT2D eigenvalue weighted by atomic mass is 32.2. The van der Waals surface area contributed by atoms with Crippen molar-refractivity contribution in [3.63, 3.8) is 0 Å². The third-order valence-corrected chi connectivity index (χ3v) is 4.87. The van der Waals surface area contributed by atoms with Crippen LogP contribution in [0.1, 0.15) is 27.2 Å². The number of nitrogens with zero attached hydrogens (tertiary/aromatic N) is 2. The van der Waals surface area contributed by atoms with E-state index in [4.69, 9.17) is 5.26 Å². The Labute approximate surface area is 92.8 Å². The SMILES string of the molecule is CN(CCC#N)CCS(=O)(=O)C(C)(C)C.